The molecule has 3 heterocycles. The molecule has 2 N–H and O–H groups in total. The van der Waals surface area contributed by atoms with E-state index in [1.165, 1.54) is 12.1 Å². The smallest absolute Gasteiger partial charge is 0.172 e. The Morgan fingerprint density at radius 3 is 2.74 bits per heavy atom. The minimum Gasteiger partial charge on any atom is -0.378 e. The van der Waals surface area contributed by atoms with Gasteiger partial charge in [-0.05, 0) is 37.3 Å². The lowest BCUT2D eigenvalue weighted by Crippen LogP contribution is -2.37. The van der Waals surface area contributed by atoms with Crippen molar-refractivity contribution in [3.8, 4) is 0 Å². The van der Waals surface area contributed by atoms with E-state index in [1.807, 2.05) is 25.1 Å². The van der Waals surface area contributed by atoms with Crippen LogP contribution in [0.3, 0.4) is 0 Å². The number of rotatable bonds is 5. The van der Waals surface area contributed by atoms with Crippen molar-refractivity contribution in [1.82, 2.24) is 10.2 Å². The van der Waals surface area contributed by atoms with E-state index in [-0.39, 0.29) is 11.1 Å². The molecule has 1 saturated heterocycles. The zero-order chi connectivity index (χ0) is 23.7. The normalized spacial score (nSPS) is 16.6. The van der Waals surface area contributed by atoms with Crippen LogP contribution in [0.2, 0.25) is 10.0 Å². The van der Waals surface area contributed by atoms with E-state index in [1.54, 1.807) is 0 Å². The maximum absolute atomic E-state index is 14.2. The Labute approximate surface area is 207 Å². The van der Waals surface area contributed by atoms with E-state index in [2.05, 4.69) is 42.8 Å². The SMILES string of the molecule is CC(c1c(Cl)ccc(F)c1Cl)N1CCNc2nnc(Nc3cccc(N4CCOCC4)c3)cc21. The summed E-state index contributed by atoms with van der Waals surface area (Å²) in [6.45, 7) is 6.50. The summed E-state index contributed by atoms with van der Waals surface area (Å²) < 4.78 is 19.7. The number of nitrogens with one attached hydrogen (secondary N) is 2. The first-order valence-electron chi connectivity index (χ1n) is 11.2. The molecule has 34 heavy (non-hydrogen) atoms. The van der Waals surface area contributed by atoms with Gasteiger partial charge < -0.3 is 25.2 Å². The van der Waals surface area contributed by atoms with Crippen molar-refractivity contribution in [2.24, 2.45) is 0 Å². The Morgan fingerprint density at radius 2 is 1.91 bits per heavy atom. The number of morpholine rings is 1. The van der Waals surface area contributed by atoms with Crippen molar-refractivity contribution in [2.45, 2.75) is 13.0 Å². The number of aromatic nitrogens is 2. The molecule has 5 rings (SSSR count). The molecule has 2 aliphatic rings. The van der Waals surface area contributed by atoms with Gasteiger partial charge in [-0.25, -0.2) is 4.39 Å². The van der Waals surface area contributed by atoms with Crippen LogP contribution in [0.25, 0.3) is 0 Å². The average molecular weight is 503 g/mol. The second-order valence-corrected chi connectivity index (χ2v) is 9.08. The fraction of sp³-hybridized carbons (Fsp3) is 0.333. The van der Waals surface area contributed by atoms with Gasteiger partial charge in [-0.2, -0.15) is 0 Å². The minimum atomic E-state index is -0.487. The molecular formula is C24H25Cl2FN6O. The second-order valence-electron chi connectivity index (χ2n) is 8.29. The topological polar surface area (TPSA) is 65.5 Å². The van der Waals surface area contributed by atoms with E-state index < -0.39 is 5.82 Å². The summed E-state index contributed by atoms with van der Waals surface area (Å²) in [4.78, 5) is 4.41. The number of halogens is 3. The van der Waals surface area contributed by atoms with E-state index >= 15 is 0 Å². The minimum absolute atomic E-state index is 0.0420. The molecule has 2 aliphatic heterocycles. The molecule has 10 heteroatoms. The van der Waals surface area contributed by atoms with Crippen molar-refractivity contribution in [1.29, 1.82) is 0 Å². The van der Waals surface area contributed by atoms with Gasteiger partial charge in [0, 0.05) is 54.2 Å². The molecular weight excluding hydrogens is 478 g/mol. The van der Waals surface area contributed by atoms with Crippen LogP contribution in [0.15, 0.2) is 42.5 Å². The molecule has 7 nitrogen and oxygen atoms in total. The number of hydrogen-bond acceptors (Lipinski definition) is 7. The number of fused-ring (bicyclic) bond motifs is 1. The van der Waals surface area contributed by atoms with Crippen LogP contribution in [-0.2, 0) is 4.74 Å². The van der Waals surface area contributed by atoms with Crippen LogP contribution in [0.1, 0.15) is 18.5 Å². The number of ether oxygens (including phenoxy) is 1. The average Bonchev–Trinajstić information content (AvgIpc) is 2.87. The molecule has 1 unspecified atom stereocenters. The molecule has 0 aliphatic carbocycles. The molecule has 0 spiro atoms. The van der Waals surface area contributed by atoms with Crippen molar-refractivity contribution >= 4 is 51.9 Å². The summed E-state index contributed by atoms with van der Waals surface area (Å²) in [5.74, 6) is 0.781. The molecule has 0 amide bonds. The maximum atomic E-state index is 14.2. The van der Waals surface area contributed by atoms with Gasteiger partial charge >= 0.3 is 0 Å². The van der Waals surface area contributed by atoms with E-state index in [9.17, 15) is 4.39 Å². The van der Waals surface area contributed by atoms with Crippen LogP contribution >= 0.6 is 23.2 Å². The van der Waals surface area contributed by atoms with E-state index in [4.69, 9.17) is 27.9 Å². The highest BCUT2D eigenvalue weighted by Gasteiger charge is 2.28. The summed E-state index contributed by atoms with van der Waals surface area (Å²) in [5, 5.41) is 15.9. The second kappa shape index (κ2) is 9.82. The Hall–Kier alpha value is -2.81. The highest BCUT2D eigenvalue weighted by atomic mass is 35.5. The van der Waals surface area contributed by atoms with E-state index in [0.29, 0.717) is 35.3 Å². The van der Waals surface area contributed by atoms with Crippen LogP contribution < -0.4 is 20.4 Å². The summed E-state index contributed by atoms with van der Waals surface area (Å²) in [5.41, 5.74) is 3.45. The fourth-order valence-electron chi connectivity index (χ4n) is 4.44. The third-order valence-corrected chi connectivity index (χ3v) is 6.90. The van der Waals surface area contributed by atoms with Crippen LogP contribution in [0, 0.1) is 5.82 Å². The molecule has 1 fully saturated rings. The molecule has 3 aromatic rings. The van der Waals surface area contributed by atoms with Gasteiger partial charge in [0.25, 0.3) is 0 Å². The van der Waals surface area contributed by atoms with Crippen LogP contribution in [-0.4, -0.2) is 49.6 Å². The summed E-state index contributed by atoms with van der Waals surface area (Å²) >= 11 is 12.7. The number of anilines is 5. The van der Waals surface area contributed by atoms with Gasteiger partial charge in [-0.1, -0.05) is 29.3 Å². The van der Waals surface area contributed by atoms with Crippen molar-refractivity contribution in [3.63, 3.8) is 0 Å². The third kappa shape index (κ3) is 4.58. The molecule has 1 aromatic heterocycles. The third-order valence-electron chi connectivity index (χ3n) is 6.19. The monoisotopic (exact) mass is 502 g/mol. The van der Waals surface area contributed by atoms with Gasteiger partial charge in [0.1, 0.15) is 5.82 Å². The molecule has 178 valence electrons. The fourth-order valence-corrected chi connectivity index (χ4v) is 5.12. The van der Waals surface area contributed by atoms with Gasteiger partial charge in [0.2, 0.25) is 0 Å². The lowest BCUT2D eigenvalue weighted by atomic mass is 10.0. The summed E-state index contributed by atoms with van der Waals surface area (Å²) in [6, 6.07) is 12.7. The van der Waals surface area contributed by atoms with Gasteiger partial charge in [-0.3, -0.25) is 0 Å². The Bertz CT molecular complexity index is 1190. The quantitative estimate of drug-likeness (QED) is 0.446. The van der Waals surface area contributed by atoms with Crippen molar-refractivity contribution < 1.29 is 9.13 Å². The maximum Gasteiger partial charge on any atom is 0.172 e. The van der Waals surface area contributed by atoms with Crippen molar-refractivity contribution in [2.75, 3.05) is 59.8 Å². The lowest BCUT2D eigenvalue weighted by Gasteiger charge is -2.36. The molecule has 0 bridgehead atoms. The largest absolute Gasteiger partial charge is 0.378 e. The van der Waals surface area contributed by atoms with Gasteiger partial charge in [0.15, 0.2) is 11.6 Å². The van der Waals surface area contributed by atoms with Gasteiger partial charge in [0.05, 0.1) is 30.0 Å². The number of benzene rings is 2. The molecule has 2 aromatic carbocycles. The first-order chi connectivity index (χ1) is 16.5. The van der Waals surface area contributed by atoms with Crippen LogP contribution in [0.5, 0.6) is 0 Å². The standard InChI is InChI=1S/C24H25Cl2FN6O/c1-15(22-18(25)5-6-19(27)23(22)26)33-8-7-28-24-20(33)14-21(30-31-24)29-16-3-2-4-17(13-16)32-9-11-34-12-10-32/h2-6,13-15H,7-12H2,1H3,(H,28,31)(H,29,30). The Kier molecular flexibility index (Phi) is 6.63. The lowest BCUT2D eigenvalue weighted by molar-refractivity contribution is 0.122. The summed E-state index contributed by atoms with van der Waals surface area (Å²) in [6.07, 6.45) is 0. The Balaban J connectivity index is 1.42. The predicted molar refractivity (Wildman–Crippen MR) is 135 cm³/mol. The molecule has 0 radical (unpaired) electrons. The zero-order valence-electron chi connectivity index (χ0n) is 18.7. The zero-order valence-corrected chi connectivity index (χ0v) is 20.2. The van der Waals surface area contributed by atoms with E-state index in [0.717, 1.165) is 43.4 Å². The first-order valence-corrected chi connectivity index (χ1v) is 12.0. The number of hydrogen-bond donors (Lipinski definition) is 2. The summed E-state index contributed by atoms with van der Waals surface area (Å²) in [7, 11) is 0. The number of nitrogens with zero attached hydrogens (tertiary/aromatic N) is 4. The van der Waals surface area contributed by atoms with Crippen LogP contribution in [0.4, 0.5) is 33.1 Å². The first kappa shape index (κ1) is 23.0. The predicted octanol–water partition coefficient (Wildman–Crippen LogP) is 5.50. The highest BCUT2D eigenvalue weighted by Crippen LogP contribution is 2.40. The Morgan fingerprint density at radius 1 is 1.09 bits per heavy atom. The molecule has 1 atom stereocenters. The van der Waals surface area contributed by atoms with Crippen molar-refractivity contribution in [3.05, 3.63) is 63.9 Å². The highest BCUT2D eigenvalue weighted by molar-refractivity contribution is 6.36. The van der Waals surface area contributed by atoms with Gasteiger partial charge in [-0.15, -0.1) is 10.2 Å². The molecule has 0 saturated carbocycles.